The number of urea groups is 1. The van der Waals surface area contributed by atoms with Crippen LogP contribution in [0.15, 0.2) is 18.2 Å². The van der Waals surface area contributed by atoms with Crippen LogP contribution in [0.5, 0.6) is 11.5 Å². The highest BCUT2D eigenvalue weighted by Crippen LogP contribution is 2.29. The first kappa shape index (κ1) is 15.8. The number of amides is 3. The van der Waals surface area contributed by atoms with E-state index in [9.17, 15) is 9.59 Å². The summed E-state index contributed by atoms with van der Waals surface area (Å²) in [6.45, 7) is 3.30. The minimum atomic E-state index is -0.927. The van der Waals surface area contributed by atoms with Crippen LogP contribution in [0.25, 0.3) is 0 Å². The fourth-order valence-corrected chi connectivity index (χ4v) is 1.59. The molecule has 0 aliphatic heterocycles. The predicted octanol–water partition coefficient (Wildman–Crippen LogP) is 0.677. The Morgan fingerprint density at radius 3 is 2.45 bits per heavy atom. The Balaban J connectivity index is 2.94. The molecule has 0 heterocycles. The van der Waals surface area contributed by atoms with Crippen molar-refractivity contribution >= 4 is 11.9 Å². The molecule has 2 unspecified atom stereocenters. The standard InChI is InChI=1S/C13H19N3O4/c1-7(14)10-5-4-9(19-3)6-11(10)20-8(2)12(17)16-13(15)18/h4-8H,14H2,1-3H3,(H3,15,16,17,18). The number of methoxy groups -OCH3 is 1. The van der Waals surface area contributed by atoms with Crippen LogP contribution >= 0.6 is 0 Å². The first-order chi connectivity index (χ1) is 9.35. The fraction of sp³-hybridized carbons (Fsp3) is 0.385. The quantitative estimate of drug-likeness (QED) is 0.733. The van der Waals surface area contributed by atoms with Gasteiger partial charge in [-0.25, -0.2) is 4.79 Å². The van der Waals surface area contributed by atoms with Gasteiger partial charge in [0.2, 0.25) is 0 Å². The van der Waals surface area contributed by atoms with Crippen molar-refractivity contribution in [3.63, 3.8) is 0 Å². The molecule has 20 heavy (non-hydrogen) atoms. The van der Waals surface area contributed by atoms with E-state index in [0.29, 0.717) is 11.5 Å². The largest absolute Gasteiger partial charge is 0.497 e. The second-order valence-corrected chi connectivity index (χ2v) is 4.31. The van der Waals surface area contributed by atoms with E-state index >= 15 is 0 Å². The van der Waals surface area contributed by atoms with Crippen LogP contribution in [-0.2, 0) is 4.79 Å². The van der Waals surface area contributed by atoms with Crippen molar-refractivity contribution in [1.82, 2.24) is 5.32 Å². The van der Waals surface area contributed by atoms with Gasteiger partial charge in [0.15, 0.2) is 6.10 Å². The third kappa shape index (κ3) is 4.13. The zero-order chi connectivity index (χ0) is 15.3. The molecule has 1 aromatic rings. The third-order valence-electron chi connectivity index (χ3n) is 2.63. The lowest BCUT2D eigenvalue weighted by molar-refractivity contribution is -0.126. The Morgan fingerprint density at radius 1 is 1.30 bits per heavy atom. The molecular weight excluding hydrogens is 262 g/mol. The molecule has 0 spiro atoms. The smallest absolute Gasteiger partial charge is 0.318 e. The minimum absolute atomic E-state index is 0.276. The van der Waals surface area contributed by atoms with E-state index in [0.717, 1.165) is 5.56 Å². The summed E-state index contributed by atoms with van der Waals surface area (Å²) in [5.41, 5.74) is 11.5. The van der Waals surface area contributed by atoms with Crippen molar-refractivity contribution in [2.75, 3.05) is 7.11 Å². The Kier molecular flexibility index (Phi) is 5.33. The molecule has 0 aliphatic carbocycles. The second-order valence-electron chi connectivity index (χ2n) is 4.31. The first-order valence-electron chi connectivity index (χ1n) is 6.05. The van der Waals surface area contributed by atoms with Crippen LogP contribution in [0, 0.1) is 0 Å². The SMILES string of the molecule is COc1ccc(C(C)N)c(OC(C)C(=O)NC(N)=O)c1. The average molecular weight is 281 g/mol. The monoisotopic (exact) mass is 281 g/mol. The summed E-state index contributed by atoms with van der Waals surface area (Å²) < 4.78 is 10.6. The summed E-state index contributed by atoms with van der Waals surface area (Å²) in [4.78, 5) is 22.2. The highest BCUT2D eigenvalue weighted by molar-refractivity contribution is 5.95. The Bertz CT molecular complexity index is 502. The van der Waals surface area contributed by atoms with Crippen LogP contribution in [0.4, 0.5) is 4.79 Å². The topological polar surface area (TPSA) is 117 Å². The van der Waals surface area contributed by atoms with E-state index in [-0.39, 0.29) is 6.04 Å². The molecule has 0 radical (unpaired) electrons. The number of hydrogen-bond donors (Lipinski definition) is 3. The van der Waals surface area contributed by atoms with E-state index in [1.807, 2.05) is 5.32 Å². The molecule has 1 rings (SSSR count). The highest BCUT2D eigenvalue weighted by atomic mass is 16.5. The number of carbonyl (C=O) groups excluding carboxylic acids is 2. The summed E-state index contributed by atoms with van der Waals surface area (Å²) in [5.74, 6) is 0.370. The number of nitrogens with two attached hydrogens (primary N) is 2. The highest BCUT2D eigenvalue weighted by Gasteiger charge is 2.19. The number of primary amides is 1. The van der Waals surface area contributed by atoms with E-state index in [4.69, 9.17) is 20.9 Å². The van der Waals surface area contributed by atoms with Crippen molar-refractivity contribution in [3.8, 4) is 11.5 Å². The molecular formula is C13H19N3O4. The van der Waals surface area contributed by atoms with Gasteiger partial charge in [0.05, 0.1) is 7.11 Å². The molecule has 5 N–H and O–H groups in total. The van der Waals surface area contributed by atoms with Gasteiger partial charge in [-0.3, -0.25) is 10.1 Å². The second kappa shape index (κ2) is 6.76. The van der Waals surface area contributed by atoms with Crippen LogP contribution in [-0.4, -0.2) is 25.2 Å². The predicted molar refractivity (Wildman–Crippen MR) is 73.4 cm³/mol. The van der Waals surface area contributed by atoms with Crippen molar-refractivity contribution in [1.29, 1.82) is 0 Å². The first-order valence-corrected chi connectivity index (χ1v) is 6.05. The van der Waals surface area contributed by atoms with E-state index in [2.05, 4.69) is 0 Å². The van der Waals surface area contributed by atoms with Gasteiger partial charge < -0.3 is 20.9 Å². The number of carbonyl (C=O) groups is 2. The van der Waals surface area contributed by atoms with Crippen LogP contribution in [0.3, 0.4) is 0 Å². The molecule has 7 nitrogen and oxygen atoms in total. The van der Waals surface area contributed by atoms with Crippen molar-refractivity contribution in [3.05, 3.63) is 23.8 Å². The van der Waals surface area contributed by atoms with Crippen LogP contribution in [0.2, 0.25) is 0 Å². The van der Waals surface area contributed by atoms with Crippen molar-refractivity contribution in [2.45, 2.75) is 26.0 Å². The number of rotatable bonds is 5. The summed E-state index contributed by atoms with van der Waals surface area (Å²) in [5, 5.41) is 1.95. The van der Waals surface area contributed by atoms with E-state index in [1.165, 1.54) is 14.0 Å². The molecule has 2 atom stereocenters. The molecule has 3 amide bonds. The van der Waals surface area contributed by atoms with Gasteiger partial charge in [0.25, 0.3) is 5.91 Å². The number of hydrogen-bond acceptors (Lipinski definition) is 5. The molecule has 0 aromatic heterocycles. The molecule has 7 heteroatoms. The van der Waals surface area contributed by atoms with Crippen molar-refractivity contribution in [2.24, 2.45) is 11.5 Å². The summed E-state index contributed by atoms with van der Waals surface area (Å²) >= 11 is 0. The minimum Gasteiger partial charge on any atom is -0.497 e. The Hall–Kier alpha value is -2.28. The molecule has 0 bridgehead atoms. The maximum absolute atomic E-state index is 11.6. The summed E-state index contributed by atoms with van der Waals surface area (Å²) in [7, 11) is 1.52. The van der Waals surface area contributed by atoms with Gasteiger partial charge in [-0.1, -0.05) is 6.07 Å². The van der Waals surface area contributed by atoms with Gasteiger partial charge in [-0.2, -0.15) is 0 Å². The zero-order valence-corrected chi connectivity index (χ0v) is 11.7. The molecule has 0 saturated heterocycles. The van der Waals surface area contributed by atoms with Gasteiger partial charge in [0, 0.05) is 17.7 Å². The zero-order valence-electron chi connectivity index (χ0n) is 11.7. The Labute approximate surface area is 117 Å². The number of benzene rings is 1. The summed E-state index contributed by atoms with van der Waals surface area (Å²) in [6.07, 6.45) is -0.896. The Morgan fingerprint density at radius 2 is 1.95 bits per heavy atom. The summed E-state index contributed by atoms with van der Waals surface area (Å²) in [6, 6.07) is 3.94. The lowest BCUT2D eigenvalue weighted by Gasteiger charge is -2.18. The van der Waals surface area contributed by atoms with E-state index in [1.54, 1.807) is 25.1 Å². The van der Waals surface area contributed by atoms with Crippen LogP contribution < -0.4 is 26.3 Å². The molecule has 0 aliphatic rings. The van der Waals surface area contributed by atoms with Gasteiger partial charge in [-0.05, 0) is 19.9 Å². The maximum atomic E-state index is 11.6. The number of ether oxygens (including phenoxy) is 2. The maximum Gasteiger partial charge on any atom is 0.318 e. The van der Waals surface area contributed by atoms with E-state index < -0.39 is 18.0 Å². The van der Waals surface area contributed by atoms with Gasteiger partial charge >= 0.3 is 6.03 Å². The molecule has 1 aromatic carbocycles. The number of nitrogens with one attached hydrogen (secondary N) is 1. The average Bonchev–Trinajstić information content (AvgIpc) is 2.37. The molecule has 0 fully saturated rings. The third-order valence-corrected chi connectivity index (χ3v) is 2.63. The normalized spacial score (nSPS) is 13.2. The van der Waals surface area contributed by atoms with Crippen LogP contribution in [0.1, 0.15) is 25.5 Å². The lowest BCUT2D eigenvalue weighted by Crippen LogP contribution is -2.42. The molecule has 110 valence electrons. The number of imide groups is 1. The lowest BCUT2D eigenvalue weighted by atomic mass is 10.1. The fourth-order valence-electron chi connectivity index (χ4n) is 1.59. The molecule has 0 saturated carbocycles. The van der Waals surface area contributed by atoms with Crippen molar-refractivity contribution < 1.29 is 19.1 Å². The van der Waals surface area contributed by atoms with Gasteiger partial charge in [0.1, 0.15) is 11.5 Å². The van der Waals surface area contributed by atoms with Gasteiger partial charge in [-0.15, -0.1) is 0 Å².